The van der Waals surface area contributed by atoms with Crippen molar-refractivity contribution in [3.8, 4) is 5.75 Å². The lowest BCUT2D eigenvalue weighted by Gasteiger charge is -2.36. The number of fused-ring (bicyclic) bond motifs is 1. The summed E-state index contributed by atoms with van der Waals surface area (Å²) in [5.74, 6) is 1.13. The average Bonchev–Trinajstić information content (AvgIpc) is 3.26. The topological polar surface area (TPSA) is 32.8 Å². The maximum atomic E-state index is 12.8. The van der Waals surface area contributed by atoms with Crippen molar-refractivity contribution >= 4 is 5.91 Å². The Labute approximate surface area is 148 Å². The number of ether oxygens (including phenoxy) is 1. The maximum absolute atomic E-state index is 12.8. The fraction of sp³-hybridized carbons (Fsp3) is 0.650. The van der Waals surface area contributed by atoms with Gasteiger partial charge in [0, 0.05) is 51.0 Å². The van der Waals surface area contributed by atoms with Crippen LogP contribution in [0.1, 0.15) is 30.4 Å². The first-order valence-electron chi connectivity index (χ1n) is 9.55. The zero-order chi connectivity index (χ0) is 17.2. The molecule has 2 saturated heterocycles. The Morgan fingerprint density at radius 2 is 2.08 bits per heavy atom. The minimum atomic E-state index is -0.368. The summed E-state index contributed by atoms with van der Waals surface area (Å²) in [5, 5.41) is 0. The van der Waals surface area contributed by atoms with Gasteiger partial charge in [-0.3, -0.25) is 9.18 Å². The molecular weight excluding hydrogens is 319 g/mol. The van der Waals surface area contributed by atoms with Crippen LogP contribution in [0, 0.1) is 5.92 Å². The molecule has 0 spiro atoms. The standard InChI is InChI=1S/C20H27FN2O2/c21-13-16-12-20(24)23(14-16)18-4-8-22(9-5-18)7-3-15-1-2-19-17(11-15)6-10-25-19/h1-2,11,16,18H,3-10,12-14H2. The first kappa shape index (κ1) is 16.8. The predicted octanol–water partition coefficient (Wildman–Crippen LogP) is 2.45. The van der Waals surface area contributed by atoms with Gasteiger partial charge in [0.25, 0.3) is 0 Å². The molecule has 25 heavy (non-hydrogen) atoms. The molecule has 1 unspecified atom stereocenters. The second-order valence-corrected chi connectivity index (χ2v) is 7.63. The molecule has 1 atom stereocenters. The van der Waals surface area contributed by atoms with Gasteiger partial charge < -0.3 is 14.5 Å². The van der Waals surface area contributed by atoms with Crippen LogP contribution in [0.2, 0.25) is 0 Å². The minimum Gasteiger partial charge on any atom is -0.493 e. The number of carbonyl (C=O) groups is 1. The van der Waals surface area contributed by atoms with Gasteiger partial charge in [-0.2, -0.15) is 0 Å². The van der Waals surface area contributed by atoms with Gasteiger partial charge >= 0.3 is 0 Å². The maximum Gasteiger partial charge on any atom is 0.223 e. The predicted molar refractivity (Wildman–Crippen MR) is 94.6 cm³/mol. The molecule has 5 heteroatoms. The van der Waals surface area contributed by atoms with Crippen LogP contribution in [0.15, 0.2) is 18.2 Å². The Bertz CT molecular complexity index is 628. The van der Waals surface area contributed by atoms with E-state index in [0.717, 1.165) is 57.7 Å². The third-order valence-electron chi connectivity index (χ3n) is 5.93. The monoisotopic (exact) mass is 346 g/mol. The molecule has 4 rings (SSSR count). The van der Waals surface area contributed by atoms with E-state index in [1.165, 1.54) is 11.1 Å². The lowest BCUT2D eigenvalue weighted by Crippen LogP contribution is -2.46. The van der Waals surface area contributed by atoms with E-state index < -0.39 is 0 Å². The Balaban J connectivity index is 1.25. The van der Waals surface area contributed by atoms with Gasteiger partial charge in [0.1, 0.15) is 5.75 Å². The van der Waals surface area contributed by atoms with Crippen LogP contribution >= 0.6 is 0 Å². The molecule has 136 valence electrons. The fourth-order valence-corrected chi connectivity index (χ4v) is 4.40. The van der Waals surface area contributed by atoms with Crippen LogP contribution in [0.4, 0.5) is 4.39 Å². The fourth-order valence-electron chi connectivity index (χ4n) is 4.40. The summed E-state index contributed by atoms with van der Waals surface area (Å²) in [6.45, 7) is 4.19. The van der Waals surface area contributed by atoms with E-state index in [4.69, 9.17) is 4.74 Å². The van der Waals surface area contributed by atoms with E-state index in [2.05, 4.69) is 23.1 Å². The van der Waals surface area contributed by atoms with Crippen LogP contribution in [-0.4, -0.2) is 61.2 Å². The highest BCUT2D eigenvalue weighted by atomic mass is 19.1. The van der Waals surface area contributed by atoms with Crippen LogP contribution in [-0.2, 0) is 17.6 Å². The van der Waals surface area contributed by atoms with Gasteiger partial charge in [-0.15, -0.1) is 0 Å². The zero-order valence-electron chi connectivity index (χ0n) is 14.8. The third-order valence-corrected chi connectivity index (χ3v) is 5.93. The molecule has 1 aromatic rings. The number of hydrogen-bond donors (Lipinski definition) is 0. The molecule has 0 aromatic heterocycles. The summed E-state index contributed by atoms with van der Waals surface area (Å²) < 4.78 is 18.4. The van der Waals surface area contributed by atoms with Crippen LogP contribution in [0.5, 0.6) is 5.75 Å². The highest BCUT2D eigenvalue weighted by molar-refractivity contribution is 5.79. The number of rotatable bonds is 5. The van der Waals surface area contributed by atoms with Crippen molar-refractivity contribution in [2.45, 2.75) is 38.1 Å². The molecule has 0 bridgehead atoms. The molecule has 1 aromatic carbocycles. The number of halogens is 1. The molecule has 3 aliphatic heterocycles. The average molecular weight is 346 g/mol. The lowest BCUT2D eigenvalue weighted by molar-refractivity contribution is -0.130. The Kier molecular flexibility index (Phi) is 4.93. The van der Waals surface area contributed by atoms with Crippen molar-refractivity contribution in [1.29, 1.82) is 0 Å². The van der Waals surface area contributed by atoms with Gasteiger partial charge in [-0.05, 0) is 36.5 Å². The third kappa shape index (κ3) is 3.66. The van der Waals surface area contributed by atoms with E-state index in [0.29, 0.717) is 19.0 Å². The Morgan fingerprint density at radius 3 is 2.84 bits per heavy atom. The smallest absolute Gasteiger partial charge is 0.223 e. The van der Waals surface area contributed by atoms with Crippen LogP contribution in [0.25, 0.3) is 0 Å². The van der Waals surface area contributed by atoms with Crippen LogP contribution in [0.3, 0.4) is 0 Å². The summed E-state index contributed by atoms with van der Waals surface area (Å²) in [7, 11) is 0. The highest BCUT2D eigenvalue weighted by Gasteiger charge is 2.35. The number of nitrogens with zero attached hydrogens (tertiary/aromatic N) is 2. The van der Waals surface area contributed by atoms with Gasteiger partial charge in [-0.25, -0.2) is 0 Å². The quantitative estimate of drug-likeness (QED) is 0.821. The van der Waals surface area contributed by atoms with Crippen LogP contribution < -0.4 is 4.74 Å². The first-order chi connectivity index (χ1) is 12.2. The number of alkyl halides is 1. The minimum absolute atomic E-state index is 0.0747. The first-order valence-corrected chi connectivity index (χ1v) is 9.55. The molecular formula is C20H27FN2O2. The van der Waals surface area contributed by atoms with Gasteiger partial charge in [0.2, 0.25) is 5.91 Å². The number of piperidine rings is 1. The van der Waals surface area contributed by atoms with Gasteiger partial charge in [-0.1, -0.05) is 12.1 Å². The highest BCUT2D eigenvalue weighted by Crippen LogP contribution is 2.27. The summed E-state index contributed by atoms with van der Waals surface area (Å²) in [4.78, 5) is 16.5. The second-order valence-electron chi connectivity index (χ2n) is 7.63. The van der Waals surface area contributed by atoms with E-state index in [1.807, 2.05) is 4.90 Å². The SMILES string of the molecule is O=C1CC(CF)CN1C1CCN(CCc2ccc3c(c2)CCO3)CC1. The van der Waals surface area contributed by atoms with Crippen molar-refractivity contribution in [3.63, 3.8) is 0 Å². The molecule has 0 radical (unpaired) electrons. The molecule has 0 N–H and O–H groups in total. The number of amides is 1. The normalized spacial score (nSPS) is 24.6. The van der Waals surface area contributed by atoms with Gasteiger partial charge in [0.15, 0.2) is 0 Å². The summed E-state index contributed by atoms with van der Waals surface area (Å²) in [5.41, 5.74) is 2.72. The lowest BCUT2D eigenvalue weighted by atomic mass is 10.0. The Morgan fingerprint density at radius 1 is 1.24 bits per heavy atom. The zero-order valence-corrected chi connectivity index (χ0v) is 14.8. The largest absolute Gasteiger partial charge is 0.493 e. The van der Waals surface area contributed by atoms with Crippen molar-refractivity contribution in [1.82, 2.24) is 9.80 Å². The Hall–Kier alpha value is -1.62. The van der Waals surface area contributed by atoms with Crippen molar-refractivity contribution < 1.29 is 13.9 Å². The van der Waals surface area contributed by atoms with E-state index in [9.17, 15) is 9.18 Å². The van der Waals surface area contributed by atoms with Gasteiger partial charge in [0.05, 0.1) is 13.3 Å². The molecule has 2 fully saturated rings. The van der Waals surface area contributed by atoms with Crippen molar-refractivity contribution in [2.24, 2.45) is 5.92 Å². The number of carbonyl (C=O) groups excluding carboxylic acids is 1. The molecule has 1 amide bonds. The second kappa shape index (κ2) is 7.32. The summed E-state index contributed by atoms with van der Waals surface area (Å²) in [6.07, 6.45) is 4.52. The van der Waals surface area contributed by atoms with Crippen molar-refractivity contribution in [2.75, 3.05) is 39.5 Å². The molecule has 0 saturated carbocycles. The summed E-state index contributed by atoms with van der Waals surface area (Å²) >= 11 is 0. The number of likely N-dealkylation sites (tertiary alicyclic amines) is 2. The van der Waals surface area contributed by atoms with E-state index in [-0.39, 0.29) is 18.5 Å². The van der Waals surface area contributed by atoms with Crippen molar-refractivity contribution in [3.05, 3.63) is 29.3 Å². The van der Waals surface area contributed by atoms with E-state index in [1.54, 1.807) is 0 Å². The summed E-state index contributed by atoms with van der Waals surface area (Å²) in [6, 6.07) is 6.88. The number of hydrogen-bond acceptors (Lipinski definition) is 3. The van der Waals surface area contributed by atoms with E-state index >= 15 is 0 Å². The molecule has 4 nitrogen and oxygen atoms in total. The molecule has 3 aliphatic rings. The molecule has 3 heterocycles. The molecule has 0 aliphatic carbocycles. The number of benzene rings is 1.